The molecule has 0 aromatic carbocycles. The molecule has 13 heteroatoms. The molecule has 2 aliphatic heterocycles. The summed E-state index contributed by atoms with van der Waals surface area (Å²) in [7, 11) is 0. The lowest BCUT2D eigenvalue weighted by molar-refractivity contribution is -0.197. The van der Waals surface area contributed by atoms with Gasteiger partial charge in [0.1, 0.15) is 6.61 Å². The summed E-state index contributed by atoms with van der Waals surface area (Å²) in [6.07, 6.45) is -0.692. The summed E-state index contributed by atoms with van der Waals surface area (Å²) in [6.45, 7) is -0.516. The van der Waals surface area contributed by atoms with Gasteiger partial charge in [0.05, 0.1) is 0 Å². The molecule has 0 N–H and O–H groups in total. The number of imide groups is 2. The van der Waals surface area contributed by atoms with Gasteiger partial charge in [-0.3, -0.25) is 28.8 Å². The Morgan fingerprint density at radius 2 is 0.969 bits per heavy atom. The number of carbonyl (C=O) groups is 8. The fourth-order valence-corrected chi connectivity index (χ4v) is 2.72. The van der Waals surface area contributed by atoms with E-state index in [1.165, 1.54) is 0 Å². The number of rotatable bonds is 12. The first kappa shape index (κ1) is 24.6. The highest BCUT2D eigenvalue weighted by atomic mass is 16.7. The van der Waals surface area contributed by atoms with Crippen LogP contribution in [0.2, 0.25) is 0 Å². The largest absolute Gasteiger partial charge is 0.458 e. The van der Waals surface area contributed by atoms with Crippen molar-refractivity contribution in [2.24, 2.45) is 0 Å². The number of hydrogen-bond donors (Lipinski definition) is 0. The zero-order chi connectivity index (χ0) is 23.7. The molecule has 0 aromatic rings. The topological polar surface area (TPSA) is 171 Å². The van der Waals surface area contributed by atoms with E-state index in [2.05, 4.69) is 9.68 Å². The van der Waals surface area contributed by atoms with Gasteiger partial charge in [0.25, 0.3) is 23.6 Å². The van der Waals surface area contributed by atoms with Crippen LogP contribution in [0.3, 0.4) is 0 Å². The number of hydroxylamine groups is 4. The summed E-state index contributed by atoms with van der Waals surface area (Å²) in [4.78, 5) is 101. The molecule has 0 atom stereocenters. The minimum Gasteiger partial charge on any atom is -0.458 e. The van der Waals surface area contributed by atoms with Crippen LogP contribution in [0.1, 0.15) is 64.2 Å². The quantitative estimate of drug-likeness (QED) is 0.279. The minimum atomic E-state index is -0.846. The Bertz CT molecular complexity index is 735. The van der Waals surface area contributed by atoms with Crippen molar-refractivity contribution in [2.45, 2.75) is 64.2 Å². The number of ether oxygens (including phenoxy) is 1. The first-order valence-corrected chi connectivity index (χ1v) is 9.98. The standard InChI is InChI=1S/C19H22N2O11/c22-12(3-1-5-18(28)31-20-13(23)7-8-14(20)24)11-30-17(27)4-2-6-19(29)32-21-15(25)9-10-16(21)26/h1-11H2. The minimum absolute atomic E-state index is 0.0189. The van der Waals surface area contributed by atoms with Crippen LogP contribution in [0.4, 0.5) is 0 Å². The maximum Gasteiger partial charge on any atom is 0.333 e. The summed E-state index contributed by atoms with van der Waals surface area (Å²) in [6, 6.07) is 0. The predicted octanol–water partition coefficient (Wildman–Crippen LogP) is -0.346. The van der Waals surface area contributed by atoms with Crippen LogP contribution in [-0.2, 0) is 52.8 Å². The Morgan fingerprint density at radius 3 is 1.41 bits per heavy atom. The number of carbonyl (C=O) groups excluding carboxylic acids is 8. The third kappa shape index (κ3) is 7.56. The molecule has 0 unspecified atom stereocenters. The highest BCUT2D eigenvalue weighted by Crippen LogP contribution is 2.14. The van der Waals surface area contributed by atoms with E-state index in [0.717, 1.165) is 0 Å². The molecule has 0 bridgehead atoms. The molecule has 2 fully saturated rings. The predicted molar refractivity (Wildman–Crippen MR) is 98.0 cm³/mol. The van der Waals surface area contributed by atoms with Crippen LogP contribution in [0.15, 0.2) is 0 Å². The summed E-state index contributed by atoms with van der Waals surface area (Å²) in [5.41, 5.74) is 0. The zero-order valence-electron chi connectivity index (χ0n) is 17.2. The van der Waals surface area contributed by atoms with Crippen LogP contribution < -0.4 is 0 Å². The third-order valence-electron chi connectivity index (χ3n) is 4.39. The molecule has 0 saturated carbocycles. The molecule has 0 aromatic heterocycles. The lowest BCUT2D eigenvalue weighted by Crippen LogP contribution is -2.32. The SMILES string of the molecule is O=C(CCCC(=O)ON1C(=O)CCC1=O)COC(=O)CCCC(=O)ON1C(=O)CCC1=O. The van der Waals surface area contributed by atoms with Gasteiger partial charge in [-0.25, -0.2) is 9.59 Å². The van der Waals surface area contributed by atoms with Gasteiger partial charge >= 0.3 is 17.9 Å². The second kappa shape index (κ2) is 11.7. The van der Waals surface area contributed by atoms with Crippen molar-refractivity contribution in [3.63, 3.8) is 0 Å². The molecular weight excluding hydrogens is 432 g/mol. The number of Topliss-reactive ketones (excluding diaryl/α,β-unsaturated/α-hetero) is 1. The van der Waals surface area contributed by atoms with Crippen LogP contribution in [-0.4, -0.2) is 64.1 Å². The van der Waals surface area contributed by atoms with Crippen LogP contribution >= 0.6 is 0 Å². The molecule has 174 valence electrons. The fraction of sp³-hybridized carbons (Fsp3) is 0.579. The van der Waals surface area contributed by atoms with Gasteiger partial charge < -0.3 is 14.4 Å². The summed E-state index contributed by atoms with van der Waals surface area (Å²) in [5.74, 6) is -5.27. The van der Waals surface area contributed by atoms with Gasteiger partial charge in [-0.1, -0.05) is 0 Å². The summed E-state index contributed by atoms with van der Waals surface area (Å²) in [5, 5.41) is 0.832. The molecule has 32 heavy (non-hydrogen) atoms. The lowest BCUT2D eigenvalue weighted by atomic mass is 10.2. The van der Waals surface area contributed by atoms with E-state index < -0.39 is 53.9 Å². The summed E-state index contributed by atoms with van der Waals surface area (Å²) >= 11 is 0. The molecule has 0 aliphatic carbocycles. The first-order chi connectivity index (χ1) is 15.2. The van der Waals surface area contributed by atoms with Crippen molar-refractivity contribution >= 4 is 47.3 Å². The van der Waals surface area contributed by atoms with E-state index in [1.54, 1.807) is 0 Å². The second-order valence-corrected chi connectivity index (χ2v) is 7.00. The molecular formula is C19H22N2O11. The van der Waals surface area contributed by atoms with Crippen molar-refractivity contribution in [2.75, 3.05) is 6.61 Å². The Morgan fingerprint density at radius 1 is 0.594 bits per heavy atom. The van der Waals surface area contributed by atoms with E-state index in [-0.39, 0.29) is 64.2 Å². The van der Waals surface area contributed by atoms with Crippen molar-refractivity contribution in [3.8, 4) is 0 Å². The molecule has 0 radical (unpaired) electrons. The van der Waals surface area contributed by atoms with E-state index >= 15 is 0 Å². The van der Waals surface area contributed by atoms with Crippen molar-refractivity contribution < 1.29 is 52.8 Å². The Kier molecular flexibility index (Phi) is 8.98. The van der Waals surface area contributed by atoms with Crippen molar-refractivity contribution in [1.29, 1.82) is 0 Å². The highest BCUT2D eigenvalue weighted by molar-refractivity contribution is 6.02. The maximum absolute atomic E-state index is 11.7. The Labute approximate surface area is 181 Å². The lowest BCUT2D eigenvalue weighted by Gasteiger charge is -2.12. The smallest absolute Gasteiger partial charge is 0.333 e. The monoisotopic (exact) mass is 454 g/mol. The van der Waals surface area contributed by atoms with E-state index in [9.17, 15) is 38.4 Å². The fourth-order valence-electron chi connectivity index (χ4n) is 2.72. The number of hydrogen-bond acceptors (Lipinski definition) is 11. The molecule has 13 nitrogen and oxygen atoms in total. The number of esters is 1. The van der Waals surface area contributed by atoms with Crippen LogP contribution in [0.25, 0.3) is 0 Å². The third-order valence-corrected chi connectivity index (χ3v) is 4.39. The number of nitrogens with zero attached hydrogens (tertiary/aromatic N) is 2. The number of ketones is 1. The van der Waals surface area contributed by atoms with E-state index in [0.29, 0.717) is 10.1 Å². The van der Waals surface area contributed by atoms with Crippen molar-refractivity contribution in [1.82, 2.24) is 10.1 Å². The van der Waals surface area contributed by atoms with Gasteiger partial charge in [-0.2, -0.15) is 0 Å². The van der Waals surface area contributed by atoms with Gasteiger partial charge in [0.15, 0.2) is 5.78 Å². The average molecular weight is 454 g/mol. The molecule has 2 rings (SSSR count). The summed E-state index contributed by atoms with van der Waals surface area (Å²) < 4.78 is 4.77. The van der Waals surface area contributed by atoms with Gasteiger partial charge in [0, 0.05) is 51.4 Å². The van der Waals surface area contributed by atoms with E-state index in [4.69, 9.17) is 4.74 Å². The van der Waals surface area contributed by atoms with Crippen molar-refractivity contribution in [3.05, 3.63) is 0 Å². The first-order valence-electron chi connectivity index (χ1n) is 9.98. The Hall–Kier alpha value is -3.64. The normalized spacial score (nSPS) is 15.9. The Balaban J connectivity index is 1.52. The van der Waals surface area contributed by atoms with Gasteiger partial charge in [-0.15, -0.1) is 10.1 Å². The number of amides is 4. The molecule has 2 aliphatic rings. The van der Waals surface area contributed by atoms with E-state index in [1.807, 2.05) is 0 Å². The van der Waals surface area contributed by atoms with Gasteiger partial charge in [0.2, 0.25) is 0 Å². The zero-order valence-corrected chi connectivity index (χ0v) is 17.2. The highest BCUT2D eigenvalue weighted by Gasteiger charge is 2.33. The second-order valence-electron chi connectivity index (χ2n) is 7.00. The molecule has 4 amide bonds. The molecule has 2 saturated heterocycles. The van der Waals surface area contributed by atoms with Crippen LogP contribution in [0, 0.1) is 0 Å². The average Bonchev–Trinajstić information content (AvgIpc) is 3.22. The molecule has 2 heterocycles. The van der Waals surface area contributed by atoms with Crippen LogP contribution in [0.5, 0.6) is 0 Å². The maximum atomic E-state index is 11.7. The van der Waals surface area contributed by atoms with Gasteiger partial charge in [-0.05, 0) is 12.8 Å². The molecule has 0 spiro atoms.